The monoisotopic (exact) mass is 430 g/mol. The van der Waals surface area contributed by atoms with Gasteiger partial charge in [-0.15, -0.1) is 0 Å². The average molecular weight is 431 g/mol. The van der Waals surface area contributed by atoms with E-state index < -0.39 is 0 Å². The molecule has 1 aromatic carbocycles. The van der Waals surface area contributed by atoms with Gasteiger partial charge in [0.2, 0.25) is 0 Å². The number of phenols is 2. The molecule has 178 valence electrons. The van der Waals surface area contributed by atoms with Crippen LogP contribution in [-0.2, 0) is 0 Å². The van der Waals surface area contributed by atoms with Crippen molar-refractivity contribution in [3.8, 4) is 11.5 Å². The zero-order valence-corrected chi connectivity index (χ0v) is 21.7. The highest BCUT2D eigenvalue weighted by atomic mass is 16.3. The van der Waals surface area contributed by atoms with E-state index in [0.717, 1.165) is 40.0 Å². The van der Waals surface area contributed by atoms with Crippen molar-refractivity contribution < 1.29 is 10.2 Å². The van der Waals surface area contributed by atoms with E-state index in [1.807, 2.05) is 26.8 Å². The Morgan fingerprint density at radius 3 is 1.58 bits per heavy atom. The number of hydrogen-bond donors (Lipinski definition) is 2. The number of hydrogen-bond acceptors (Lipinski definition) is 2. The molecule has 2 heteroatoms. The standard InChI is InChI=1S/C29H50O2/c1-20(2)12-9-13-21(3)14-10-15-22(4)16-11-17-23(5)18-19-27-26(8)28(30)24(6)25(7)29(27)31/h18-23,30-31H,9-17H2,1-8H3/t21-,22-,23+/m0/s1. The van der Waals surface area contributed by atoms with E-state index >= 15 is 0 Å². The van der Waals surface area contributed by atoms with Crippen molar-refractivity contribution in [3.63, 3.8) is 0 Å². The lowest BCUT2D eigenvalue weighted by molar-refractivity contribution is 0.383. The van der Waals surface area contributed by atoms with Crippen molar-refractivity contribution in [2.75, 3.05) is 0 Å². The van der Waals surface area contributed by atoms with Crippen molar-refractivity contribution in [2.45, 2.75) is 113 Å². The maximum atomic E-state index is 10.5. The highest BCUT2D eigenvalue weighted by Crippen LogP contribution is 2.37. The highest BCUT2D eigenvalue weighted by Gasteiger charge is 2.14. The number of phenolic OH excluding ortho intramolecular Hbond substituents is 2. The molecule has 0 saturated carbocycles. The third-order valence-electron chi connectivity index (χ3n) is 7.11. The van der Waals surface area contributed by atoms with E-state index in [0.29, 0.717) is 17.4 Å². The first kappa shape index (κ1) is 27.6. The van der Waals surface area contributed by atoms with Gasteiger partial charge in [0.05, 0.1) is 0 Å². The first-order valence-corrected chi connectivity index (χ1v) is 12.7. The summed E-state index contributed by atoms with van der Waals surface area (Å²) in [7, 11) is 0. The normalized spacial score (nSPS) is 15.0. The number of rotatable bonds is 14. The summed E-state index contributed by atoms with van der Waals surface area (Å²) in [6.07, 6.45) is 16.2. The number of aromatic hydroxyl groups is 2. The largest absolute Gasteiger partial charge is 0.507 e. The second-order valence-corrected chi connectivity index (χ2v) is 10.7. The Labute approximate surface area is 193 Å². The van der Waals surface area contributed by atoms with Gasteiger partial charge in [0.15, 0.2) is 0 Å². The van der Waals surface area contributed by atoms with Gasteiger partial charge in [-0.05, 0) is 62.0 Å². The van der Waals surface area contributed by atoms with Gasteiger partial charge in [-0.1, -0.05) is 98.1 Å². The van der Waals surface area contributed by atoms with Crippen molar-refractivity contribution in [1.82, 2.24) is 0 Å². The molecule has 1 rings (SSSR count). The summed E-state index contributed by atoms with van der Waals surface area (Å²) in [5.41, 5.74) is 3.04. The molecule has 3 atom stereocenters. The van der Waals surface area contributed by atoms with Crippen LogP contribution in [-0.4, -0.2) is 10.2 Å². The molecule has 0 heterocycles. The third-order valence-corrected chi connectivity index (χ3v) is 7.11. The highest BCUT2D eigenvalue weighted by molar-refractivity contribution is 5.68. The smallest absolute Gasteiger partial charge is 0.126 e. The van der Waals surface area contributed by atoms with Crippen LogP contribution in [0.25, 0.3) is 6.08 Å². The quantitative estimate of drug-likeness (QED) is 0.289. The molecule has 0 saturated heterocycles. The molecule has 0 spiro atoms. The third kappa shape index (κ3) is 9.71. The molecule has 0 aliphatic heterocycles. The van der Waals surface area contributed by atoms with Crippen LogP contribution in [0.3, 0.4) is 0 Å². The molecule has 31 heavy (non-hydrogen) atoms. The summed E-state index contributed by atoms with van der Waals surface area (Å²) in [4.78, 5) is 0. The summed E-state index contributed by atoms with van der Waals surface area (Å²) in [5, 5.41) is 20.8. The van der Waals surface area contributed by atoms with Gasteiger partial charge in [-0.25, -0.2) is 0 Å². The maximum Gasteiger partial charge on any atom is 0.126 e. The predicted octanol–water partition coefficient (Wildman–Crippen LogP) is 9.11. The SMILES string of the molecule is Cc1c(C)c(O)c(C=C[C@H](C)CCC[C@@H](C)CCC[C@@H](C)CCCC(C)C)c(C)c1O. The second-order valence-electron chi connectivity index (χ2n) is 10.7. The van der Waals surface area contributed by atoms with Crippen LogP contribution in [0.2, 0.25) is 0 Å². The van der Waals surface area contributed by atoms with Gasteiger partial charge in [-0.2, -0.15) is 0 Å². The van der Waals surface area contributed by atoms with Crippen LogP contribution in [0, 0.1) is 44.4 Å². The Bertz CT molecular complexity index is 657. The van der Waals surface area contributed by atoms with Gasteiger partial charge < -0.3 is 10.2 Å². The molecule has 1 aromatic rings. The molecule has 0 unspecified atom stereocenters. The van der Waals surface area contributed by atoms with E-state index in [1.54, 1.807) is 0 Å². The van der Waals surface area contributed by atoms with E-state index in [-0.39, 0.29) is 0 Å². The molecular formula is C29H50O2. The van der Waals surface area contributed by atoms with Crippen molar-refractivity contribution in [2.24, 2.45) is 23.7 Å². The van der Waals surface area contributed by atoms with Gasteiger partial charge in [0, 0.05) is 11.1 Å². The lowest BCUT2D eigenvalue weighted by Gasteiger charge is -2.16. The van der Waals surface area contributed by atoms with E-state index in [2.05, 4.69) is 40.7 Å². The van der Waals surface area contributed by atoms with Crippen molar-refractivity contribution in [1.29, 1.82) is 0 Å². The summed E-state index contributed by atoms with van der Waals surface area (Å²) in [6.45, 7) is 17.3. The number of allylic oxidation sites excluding steroid dienone is 1. The molecule has 2 N–H and O–H groups in total. The summed E-state index contributed by atoms with van der Waals surface area (Å²) in [6, 6.07) is 0. The Kier molecular flexibility index (Phi) is 12.3. The topological polar surface area (TPSA) is 40.5 Å². The van der Waals surface area contributed by atoms with Crippen molar-refractivity contribution >= 4 is 6.08 Å². The maximum absolute atomic E-state index is 10.5. The van der Waals surface area contributed by atoms with Crippen LogP contribution in [0.15, 0.2) is 6.08 Å². The Morgan fingerprint density at radius 1 is 0.613 bits per heavy atom. The summed E-state index contributed by atoms with van der Waals surface area (Å²) in [5.74, 6) is 3.58. The van der Waals surface area contributed by atoms with Crippen LogP contribution in [0.1, 0.15) is 115 Å². The zero-order valence-electron chi connectivity index (χ0n) is 21.7. The minimum absolute atomic E-state index is 0.295. The molecule has 0 aromatic heterocycles. The lowest BCUT2D eigenvalue weighted by Crippen LogP contribution is -2.01. The first-order chi connectivity index (χ1) is 14.5. The Morgan fingerprint density at radius 2 is 1.06 bits per heavy atom. The molecule has 0 bridgehead atoms. The van der Waals surface area contributed by atoms with Crippen LogP contribution in [0.5, 0.6) is 11.5 Å². The minimum atomic E-state index is 0.295. The van der Waals surface area contributed by atoms with Crippen molar-refractivity contribution in [3.05, 3.63) is 28.3 Å². The number of benzene rings is 1. The van der Waals surface area contributed by atoms with E-state index in [9.17, 15) is 10.2 Å². The Hall–Kier alpha value is -1.44. The molecule has 0 fully saturated rings. The fourth-order valence-corrected chi connectivity index (χ4v) is 4.47. The molecule has 0 aliphatic rings. The molecule has 2 nitrogen and oxygen atoms in total. The zero-order chi connectivity index (χ0) is 23.6. The van der Waals surface area contributed by atoms with E-state index in [1.165, 1.54) is 57.8 Å². The van der Waals surface area contributed by atoms with Gasteiger partial charge in [0.25, 0.3) is 0 Å². The lowest BCUT2D eigenvalue weighted by atomic mass is 9.91. The fraction of sp³-hybridized carbons (Fsp3) is 0.724. The minimum Gasteiger partial charge on any atom is -0.507 e. The summed E-state index contributed by atoms with van der Waals surface area (Å²) >= 11 is 0. The Balaban J connectivity index is 2.34. The molecule has 0 aliphatic carbocycles. The van der Waals surface area contributed by atoms with Gasteiger partial charge in [-0.3, -0.25) is 0 Å². The fourth-order valence-electron chi connectivity index (χ4n) is 4.47. The first-order valence-electron chi connectivity index (χ1n) is 12.7. The average Bonchev–Trinajstić information content (AvgIpc) is 2.70. The molecule has 0 amide bonds. The van der Waals surface area contributed by atoms with Crippen LogP contribution < -0.4 is 0 Å². The van der Waals surface area contributed by atoms with Crippen LogP contribution in [0.4, 0.5) is 0 Å². The summed E-state index contributed by atoms with van der Waals surface area (Å²) < 4.78 is 0. The predicted molar refractivity (Wildman–Crippen MR) is 137 cm³/mol. The van der Waals surface area contributed by atoms with E-state index in [4.69, 9.17) is 0 Å². The second kappa shape index (κ2) is 13.9. The van der Waals surface area contributed by atoms with Crippen LogP contribution >= 0.6 is 0 Å². The van der Waals surface area contributed by atoms with Gasteiger partial charge >= 0.3 is 0 Å². The van der Waals surface area contributed by atoms with Gasteiger partial charge in [0.1, 0.15) is 11.5 Å². The molecular weight excluding hydrogens is 380 g/mol. The molecule has 0 radical (unpaired) electrons.